The fourth-order valence-electron chi connectivity index (χ4n) is 2.56. The molecule has 142 valence electrons. The van der Waals surface area contributed by atoms with Gasteiger partial charge in [0.2, 0.25) is 0 Å². The first-order valence-electron chi connectivity index (χ1n) is 8.49. The zero-order valence-electron chi connectivity index (χ0n) is 15.1. The van der Waals surface area contributed by atoms with Gasteiger partial charge in [-0.1, -0.05) is 41.9 Å². The summed E-state index contributed by atoms with van der Waals surface area (Å²) in [6.07, 6.45) is 3.06. The molecule has 3 rings (SSSR count). The summed E-state index contributed by atoms with van der Waals surface area (Å²) >= 11 is 6.03. The lowest BCUT2D eigenvalue weighted by molar-refractivity contribution is 0.0953. The number of amides is 1. The molecule has 1 N–H and O–H groups in total. The molecule has 6 nitrogen and oxygen atoms in total. The minimum atomic E-state index is -0.586. The third kappa shape index (κ3) is 4.66. The first-order chi connectivity index (χ1) is 13.6. The summed E-state index contributed by atoms with van der Waals surface area (Å²) in [5.74, 6) is 0.151. The molecule has 1 aromatic heterocycles. The van der Waals surface area contributed by atoms with Crippen molar-refractivity contribution in [1.82, 2.24) is 9.99 Å². The van der Waals surface area contributed by atoms with Crippen LogP contribution in [0.1, 0.15) is 21.5 Å². The van der Waals surface area contributed by atoms with E-state index in [0.29, 0.717) is 17.1 Å². The number of carbonyl (C=O) groups is 1. The predicted molar refractivity (Wildman–Crippen MR) is 109 cm³/mol. The Hall–Kier alpha value is -3.38. The van der Waals surface area contributed by atoms with Gasteiger partial charge in [0.1, 0.15) is 11.3 Å². The third-order valence-corrected chi connectivity index (χ3v) is 4.40. The second kappa shape index (κ2) is 9.01. The Morgan fingerprint density at radius 1 is 1.14 bits per heavy atom. The molecule has 2 aromatic carbocycles. The molecule has 7 heteroatoms. The first kappa shape index (κ1) is 19.4. The molecule has 0 saturated heterocycles. The van der Waals surface area contributed by atoms with E-state index in [9.17, 15) is 9.59 Å². The highest BCUT2D eigenvalue weighted by molar-refractivity contribution is 6.33. The van der Waals surface area contributed by atoms with E-state index in [1.165, 1.54) is 16.8 Å². The Morgan fingerprint density at radius 3 is 2.61 bits per heavy atom. The molecular weight excluding hydrogens is 378 g/mol. The van der Waals surface area contributed by atoms with Gasteiger partial charge in [-0.15, -0.1) is 0 Å². The second-order valence-corrected chi connectivity index (χ2v) is 6.33. The maximum atomic E-state index is 12.6. The van der Waals surface area contributed by atoms with Gasteiger partial charge < -0.3 is 9.30 Å². The number of hydrogen-bond donors (Lipinski definition) is 1. The molecule has 0 unspecified atom stereocenters. The number of hydrogen-bond acceptors (Lipinski definition) is 4. The third-order valence-electron chi connectivity index (χ3n) is 4.05. The summed E-state index contributed by atoms with van der Waals surface area (Å²) in [6.45, 7) is 0.340. The zero-order chi connectivity index (χ0) is 19.9. The number of benzene rings is 2. The maximum Gasteiger partial charge on any atom is 0.276 e. The standard InChI is InChI=1S/C21H18ClN3O3/c1-28-17-10-8-15(9-11-17)14-25-12-4-6-18(21(25)27)20(26)24-23-13-16-5-2-3-7-19(16)22/h2-13H,14H2,1H3,(H,24,26)/b23-13-. The minimum Gasteiger partial charge on any atom is -0.497 e. The molecule has 0 bridgehead atoms. The molecule has 1 heterocycles. The van der Waals surface area contributed by atoms with Crippen LogP contribution in [0.2, 0.25) is 5.02 Å². The van der Waals surface area contributed by atoms with Crippen molar-refractivity contribution in [3.63, 3.8) is 0 Å². The first-order valence-corrected chi connectivity index (χ1v) is 8.86. The van der Waals surface area contributed by atoms with Crippen LogP contribution in [0.4, 0.5) is 0 Å². The number of rotatable bonds is 6. The quantitative estimate of drug-likeness (QED) is 0.514. The molecule has 0 aliphatic carbocycles. The molecular formula is C21H18ClN3O3. The second-order valence-electron chi connectivity index (χ2n) is 5.92. The number of halogens is 1. The van der Waals surface area contributed by atoms with Gasteiger partial charge in [-0.05, 0) is 35.9 Å². The molecule has 3 aromatic rings. The summed E-state index contributed by atoms with van der Waals surface area (Å²) in [4.78, 5) is 25.0. The van der Waals surface area contributed by atoms with Crippen LogP contribution < -0.4 is 15.7 Å². The smallest absolute Gasteiger partial charge is 0.276 e. The van der Waals surface area contributed by atoms with E-state index >= 15 is 0 Å². The molecule has 0 spiro atoms. The van der Waals surface area contributed by atoms with Crippen LogP contribution in [0.5, 0.6) is 5.75 Å². The number of aromatic nitrogens is 1. The van der Waals surface area contributed by atoms with Crippen molar-refractivity contribution in [1.29, 1.82) is 0 Å². The van der Waals surface area contributed by atoms with E-state index in [1.807, 2.05) is 30.3 Å². The summed E-state index contributed by atoms with van der Waals surface area (Å²) in [6, 6.07) is 17.6. The monoisotopic (exact) mass is 395 g/mol. The van der Waals surface area contributed by atoms with Crippen LogP contribution in [0.25, 0.3) is 0 Å². The molecule has 0 radical (unpaired) electrons. The van der Waals surface area contributed by atoms with E-state index < -0.39 is 11.5 Å². The molecule has 0 aliphatic rings. The maximum absolute atomic E-state index is 12.6. The van der Waals surface area contributed by atoms with Crippen molar-refractivity contribution in [2.45, 2.75) is 6.54 Å². The summed E-state index contributed by atoms with van der Waals surface area (Å²) in [7, 11) is 1.59. The summed E-state index contributed by atoms with van der Waals surface area (Å²) in [5, 5.41) is 4.40. The average Bonchev–Trinajstić information content (AvgIpc) is 2.71. The highest BCUT2D eigenvalue weighted by atomic mass is 35.5. The van der Waals surface area contributed by atoms with Crippen molar-refractivity contribution < 1.29 is 9.53 Å². The molecule has 0 aliphatic heterocycles. The molecule has 1 amide bonds. The number of methoxy groups -OCH3 is 1. The molecule has 0 saturated carbocycles. The van der Waals surface area contributed by atoms with Crippen molar-refractivity contribution in [3.8, 4) is 5.75 Å². The van der Waals surface area contributed by atoms with Gasteiger partial charge in [-0.2, -0.15) is 5.10 Å². The van der Waals surface area contributed by atoms with Crippen LogP contribution >= 0.6 is 11.6 Å². The van der Waals surface area contributed by atoms with E-state index in [1.54, 1.807) is 37.6 Å². The average molecular weight is 396 g/mol. The van der Waals surface area contributed by atoms with Gasteiger partial charge in [-0.25, -0.2) is 5.43 Å². The number of nitrogens with zero attached hydrogens (tertiary/aromatic N) is 2. The van der Waals surface area contributed by atoms with Crippen molar-refractivity contribution in [2.24, 2.45) is 5.10 Å². The number of nitrogens with one attached hydrogen (secondary N) is 1. The van der Waals surface area contributed by atoms with Gasteiger partial charge in [-0.3, -0.25) is 9.59 Å². The number of pyridine rings is 1. The van der Waals surface area contributed by atoms with Gasteiger partial charge in [0, 0.05) is 16.8 Å². The Balaban J connectivity index is 1.73. The normalized spacial score (nSPS) is 10.8. The zero-order valence-corrected chi connectivity index (χ0v) is 15.9. The Morgan fingerprint density at radius 2 is 1.89 bits per heavy atom. The number of ether oxygens (including phenoxy) is 1. The highest BCUT2D eigenvalue weighted by Crippen LogP contribution is 2.13. The Bertz CT molecular complexity index is 1060. The van der Waals surface area contributed by atoms with E-state index in [0.717, 1.165) is 11.3 Å². The fraction of sp³-hybridized carbons (Fsp3) is 0.0952. The van der Waals surface area contributed by atoms with Gasteiger partial charge in [0.05, 0.1) is 19.9 Å². The molecule has 0 fully saturated rings. The Kier molecular flexibility index (Phi) is 6.24. The van der Waals surface area contributed by atoms with Gasteiger partial charge in [0.15, 0.2) is 0 Å². The lowest BCUT2D eigenvalue weighted by Crippen LogP contribution is -2.30. The predicted octanol–water partition coefficient (Wildman–Crippen LogP) is 3.32. The summed E-state index contributed by atoms with van der Waals surface area (Å²) in [5.41, 5.74) is 3.55. The van der Waals surface area contributed by atoms with Crippen molar-refractivity contribution in [3.05, 3.63) is 98.9 Å². The Labute approximate surface area is 167 Å². The van der Waals surface area contributed by atoms with Crippen molar-refractivity contribution in [2.75, 3.05) is 7.11 Å². The van der Waals surface area contributed by atoms with Crippen molar-refractivity contribution >= 4 is 23.7 Å². The largest absolute Gasteiger partial charge is 0.497 e. The SMILES string of the molecule is COc1ccc(Cn2cccc(C(=O)N/N=C\c3ccccc3Cl)c2=O)cc1. The van der Waals surface area contributed by atoms with Gasteiger partial charge >= 0.3 is 0 Å². The number of hydrazone groups is 1. The lowest BCUT2D eigenvalue weighted by Gasteiger charge is -2.08. The van der Waals surface area contributed by atoms with Crippen LogP contribution in [0.15, 0.2) is 76.8 Å². The molecule has 0 atom stereocenters. The van der Waals surface area contributed by atoms with Crippen LogP contribution in [0, 0.1) is 0 Å². The molecule has 28 heavy (non-hydrogen) atoms. The highest BCUT2D eigenvalue weighted by Gasteiger charge is 2.11. The fourth-order valence-corrected chi connectivity index (χ4v) is 2.75. The summed E-state index contributed by atoms with van der Waals surface area (Å²) < 4.78 is 6.59. The van der Waals surface area contributed by atoms with E-state index in [4.69, 9.17) is 16.3 Å². The van der Waals surface area contributed by atoms with Crippen LogP contribution in [-0.4, -0.2) is 23.8 Å². The lowest BCUT2D eigenvalue weighted by atomic mass is 10.2. The van der Waals surface area contributed by atoms with E-state index in [2.05, 4.69) is 10.5 Å². The number of carbonyl (C=O) groups excluding carboxylic acids is 1. The van der Waals surface area contributed by atoms with Crippen LogP contribution in [-0.2, 0) is 6.54 Å². The van der Waals surface area contributed by atoms with Gasteiger partial charge in [0.25, 0.3) is 11.5 Å². The topological polar surface area (TPSA) is 72.7 Å². The van der Waals surface area contributed by atoms with Crippen LogP contribution in [0.3, 0.4) is 0 Å². The van der Waals surface area contributed by atoms with E-state index in [-0.39, 0.29) is 5.56 Å². The minimum absolute atomic E-state index is 0.00678.